The van der Waals surface area contributed by atoms with Crippen molar-refractivity contribution in [1.29, 1.82) is 0 Å². The van der Waals surface area contributed by atoms with E-state index in [9.17, 15) is 21.6 Å². The van der Waals surface area contributed by atoms with Crippen LogP contribution in [0.3, 0.4) is 0 Å². The number of aromatic nitrogens is 26. The zero-order chi connectivity index (χ0) is 81.9. The van der Waals surface area contributed by atoms with Gasteiger partial charge in [-0.05, 0) is 153 Å². The van der Waals surface area contributed by atoms with E-state index < -0.39 is 19.9 Å². The molecule has 32 nitrogen and oxygen atoms in total. The lowest BCUT2D eigenvalue weighted by Gasteiger charge is -2.07. The highest BCUT2D eigenvalue weighted by molar-refractivity contribution is 9.10. The third kappa shape index (κ3) is 16.7. The van der Waals surface area contributed by atoms with Gasteiger partial charge in [-0.1, -0.05) is 73.3 Å². The van der Waals surface area contributed by atoms with Crippen LogP contribution in [0.1, 0.15) is 49.2 Å². The number of hydrogen-bond acceptors (Lipinski definition) is 21. The second kappa shape index (κ2) is 32.9. The molecule has 118 heavy (non-hydrogen) atoms. The molecule has 0 aliphatic rings. The fourth-order valence-corrected chi connectivity index (χ4v) is 16.1. The van der Waals surface area contributed by atoms with Crippen LogP contribution in [0.4, 0.5) is 5.69 Å². The van der Waals surface area contributed by atoms with Crippen LogP contribution in [-0.4, -0.2) is 164 Å². The monoisotopic (exact) mass is 1690 g/mol. The Bertz CT molecular complexity index is 7310. The normalized spacial score (nSPS) is 11.5. The Balaban J connectivity index is 0.000000111. The maximum Gasteiger partial charge on any atom is 0.238 e. The minimum atomic E-state index is -3.38. The van der Waals surface area contributed by atoms with E-state index in [1.807, 2.05) is 138 Å². The van der Waals surface area contributed by atoms with Crippen LogP contribution in [0.2, 0.25) is 0 Å². The summed E-state index contributed by atoms with van der Waals surface area (Å²) in [5.41, 5.74) is 23.8. The molecule has 0 saturated heterocycles. The van der Waals surface area contributed by atoms with Gasteiger partial charge in [-0.3, -0.25) is 55.2 Å². The maximum atomic E-state index is 12.4. The largest absolute Gasteiger partial charge is 0.335 e. The van der Waals surface area contributed by atoms with E-state index in [2.05, 4.69) is 144 Å². The van der Waals surface area contributed by atoms with Gasteiger partial charge in [0.15, 0.2) is 39.0 Å². The van der Waals surface area contributed by atoms with Gasteiger partial charge >= 0.3 is 0 Å². The van der Waals surface area contributed by atoms with Gasteiger partial charge in [0.25, 0.3) is 0 Å². The number of nitrogens with zero attached hydrogens (tertiary/aromatic N) is 16. The summed E-state index contributed by atoms with van der Waals surface area (Å²) in [6.45, 7) is 14.5. The molecule has 0 fully saturated rings. The summed E-state index contributed by atoms with van der Waals surface area (Å²) in [6, 6.07) is 41.9. The zero-order valence-electron chi connectivity index (χ0n) is 64.3. The Labute approximate surface area is 684 Å². The third-order valence-corrected chi connectivity index (χ3v) is 23.6. The van der Waals surface area contributed by atoms with Crippen molar-refractivity contribution >= 4 is 125 Å². The van der Waals surface area contributed by atoms with Crippen molar-refractivity contribution in [2.24, 2.45) is 0 Å². The van der Waals surface area contributed by atoms with Gasteiger partial charge in [0, 0.05) is 105 Å². The van der Waals surface area contributed by atoms with Crippen molar-refractivity contribution in [2.45, 2.75) is 70.1 Å². The number of aryl methyl sites for hydroxylation is 5. The molecule has 16 aromatic heterocycles. The van der Waals surface area contributed by atoms with E-state index in [1.54, 1.807) is 112 Å². The molecule has 16 heterocycles. The highest BCUT2D eigenvalue weighted by atomic mass is 79.9. The van der Waals surface area contributed by atoms with Gasteiger partial charge in [0.2, 0.25) is 15.9 Å². The van der Waals surface area contributed by atoms with Crippen LogP contribution in [0.15, 0.2) is 221 Å². The lowest BCUT2D eigenvalue weighted by atomic mass is 10.1. The first-order valence-corrected chi connectivity index (χ1v) is 41.7. The molecule has 36 heteroatoms. The number of fused-ring (bicyclic) bond motifs is 6. The average Bonchev–Trinajstić information content (AvgIpc) is 1.59. The molecule has 0 spiro atoms. The topological polar surface area (TPSA) is 454 Å². The molecular weight excluding hydrogens is 1620 g/mol. The Morgan fingerprint density at radius 3 is 1.26 bits per heavy atom. The van der Waals surface area contributed by atoms with Crippen molar-refractivity contribution in [3.05, 3.63) is 235 Å². The fourth-order valence-electron chi connectivity index (χ4n) is 12.9. The SMILES string of the molecule is CC(=O)Nc1ccc(Sc2cncc3[nH]c(-c4cc(C)[nH]n4)nc23)cc1.CCS(=O)(=O)c1cccc(-c2cncc3[nH]c(-c4cc(C)[nH]n4)nc23)c1.CCS(=O)(=O)n1ccc2ccc(-c3cncc4[nH]c(-c5cc(C)[nH]n5)nc34)cc21.Cc1cc(-c2nc3c(-c4ccccc4)cncc3[nH]2)n[nH]1.Cc1cc(-c2nc3c(Br)cncc3[nH]2)n[nH]1. The summed E-state index contributed by atoms with van der Waals surface area (Å²) in [5, 5.41) is 39.3. The van der Waals surface area contributed by atoms with Gasteiger partial charge in [-0.2, -0.15) is 25.5 Å². The number of sulfone groups is 1. The summed E-state index contributed by atoms with van der Waals surface area (Å²) in [6.07, 6.45) is 19.1. The molecule has 0 unspecified atom stereocenters. The fraction of sp³-hybridized carbons (Fsp3) is 0.122. The van der Waals surface area contributed by atoms with Gasteiger partial charge in [-0.15, -0.1) is 0 Å². The third-order valence-electron chi connectivity index (χ3n) is 18.6. The lowest BCUT2D eigenvalue weighted by molar-refractivity contribution is -0.114. The number of hydrogen-bond donors (Lipinski definition) is 11. The number of H-pyrrole nitrogens is 10. The number of carbonyl (C=O) groups is 1. The quantitative estimate of drug-likeness (QED) is 0.0454. The number of nitrogens with one attached hydrogen (secondary N) is 11. The van der Waals surface area contributed by atoms with E-state index in [0.29, 0.717) is 33.6 Å². The molecule has 0 atom stereocenters. The summed E-state index contributed by atoms with van der Waals surface area (Å²) in [5.74, 6) is 3.49. The molecule has 1 amide bonds. The van der Waals surface area contributed by atoms with Crippen LogP contribution in [0, 0.1) is 34.6 Å². The molecule has 20 rings (SSSR count). The molecule has 0 aliphatic carbocycles. The van der Waals surface area contributed by atoms with Crippen LogP contribution in [-0.2, 0) is 24.7 Å². The number of imidazole rings is 5. The number of pyridine rings is 5. The molecule has 11 N–H and O–H groups in total. The standard InChI is InChI=1S/C20H18N6O2S.C18H16N6OS.C18H17N5O2S.C16H13N5.C10H8BrN5/c1-3-29(27,28)26-7-6-13-4-5-14(9-18(13)26)15-10-21-11-17-19(15)23-20(22-17)16-8-12(2)24-25-16;1-10-7-14(24-23-10)18-21-15-8-19-9-16(17(15)22-18)26-13-5-3-12(4-6-13)20-11(2)25;1-3-26(24,25)13-6-4-5-12(8-13)14-9-19-10-16-17(14)21-18(20-16)15-7-11(2)22-23-15;1-10-7-13(21-20-10)16-18-14-9-17-8-12(15(14)19-16)11-5-3-2-4-6-11;1-5-2-7(16-15-5)10-13-8-4-12-3-6(11)9(8)14-10/h4-11H,3H2,1-2H3,(H,22,23)(H,24,25);3-9H,1-2H3,(H,20,25)(H,21,22)(H,23,24);4-10H,3H2,1-2H3,(H,20,21)(H,22,23);2-9H,1H3,(H,18,19)(H,20,21);2-4H,1H3,(H,13,14)(H,15,16). The molecular formula is C82H72BrN27O5S3. The number of halogens is 1. The van der Waals surface area contributed by atoms with Gasteiger partial charge in [-0.25, -0.2) is 45.7 Å². The molecule has 0 saturated carbocycles. The number of aromatic amines is 10. The smallest absolute Gasteiger partial charge is 0.238 e. The summed E-state index contributed by atoms with van der Waals surface area (Å²) >= 11 is 4.99. The van der Waals surface area contributed by atoms with Gasteiger partial charge in [0.05, 0.1) is 106 Å². The second-order valence-electron chi connectivity index (χ2n) is 27.3. The van der Waals surface area contributed by atoms with Crippen LogP contribution < -0.4 is 5.32 Å². The van der Waals surface area contributed by atoms with E-state index in [1.165, 1.54) is 10.9 Å². The van der Waals surface area contributed by atoms with Crippen molar-refractivity contribution in [3.8, 4) is 91.0 Å². The van der Waals surface area contributed by atoms with Gasteiger partial charge in [0.1, 0.15) is 39.5 Å². The number of amides is 1. The first-order valence-electron chi connectivity index (χ1n) is 36.8. The van der Waals surface area contributed by atoms with Crippen molar-refractivity contribution in [1.82, 2.24) is 130 Å². The molecule has 0 radical (unpaired) electrons. The first-order chi connectivity index (χ1) is 57.1. The maximum absolute atomic E-state index is 12.4. The van der Waals surface area contributed by atoms with E-state index in [0.717, 1.165) is 177 Å². The van der Waals surface area contributed by atoms with Crippen molar-refractivity contribution < 1.29 is 21.6 Å². The lowest BCUT2D eigenvalue weighted by Crippen LogP contribution is -2.13. The predicted octanol–water partition coefficient (Wildman–Crippen LogP) is 16.1. The zero-order valence-corrected chi connectivity index (χ0v) is 68.3. The average molecular weight is 1690 g/mol. The Hall–Kier alpha value is -14.2. The summed E-state index contributed by atoms with van der Waals surface area (Å²) < 4.78 is 51.4. The highest BCUT2D eigenvalue weighted by Gasteiger charge is 2.22. The van der Waals surface area contributed by atoms with E-state index in [-0.39, 0.29) is 17.4 Å². The minimum Gasteiger partial charge on any atom is -0.335 e. The Morgan fingerprint density at radius 1 is 0.424 bits per heavy atom. The first kappa shape index (κ1) is 77.7. The Kier molecular flexibility index (Phi) is 21.7. The van der Waals surface area contributed by atoms with Crippen molar-refractivity contribution in [3.63, 3.8) is 0 Å². The predicted molar refractivity (Wildman–Crippen MR) is 458 cm³/mol. The number of benzene rings is 4. The van der Waals surface area contributed by atoms with Crippen molar-refractivity contribution in [2.75, 3.05) is 16.8 Å². The van der Waals surface area contributed by atoms with E-state index >= 15 is 0 Å². The van der Waals surface area contributed by atoms with Crippen LogP contribution in [0.25, 0.3) is 157 Å². The van der Waals surface area contributed by atoms with Crippen LogP contribution in [0.5, 0.6) is 0 Å². The Morgan fingerprint density at radius 2 is 0.831 bits per heavy atom. The minimum absolute atomic E-state index is 0.0317. The van der Waals surface area contributed by atoms with Gasteiger partial charge < -0.3 is 30.2 Å². The number of anilines is 1. The number of carbonyl (C=O) groups excluding carboxylic acids is 1. The van der Waals surface area contributed by atoms with E-state index in [4.69, 9.17) is 15.0 Å². The summed E-state index contributed by atoms with van der Waals surface area (Å²) in [4.78, 5) is 74.1. The molecule has 590 valence electrons. The molecule has 0 aliphatic heterocycles. The van der Waals surface area contributed by atoms with Crippen LogP contribution >= 0.6 is 27.7 Å². The molecule has 0 bridgehead atoms. The highest BCUT2D eigenvalue weighted by Crippen LogP contribution is 2.37. The molecule has 4 aromatic carbocycles. The molecule has 20 aromatic rings. The summed E-state index contributed by atoms with van der Waals surface area (Å²) in [7, 11) is -6.66. The number of rotatable bonds is 15. The second-order valence-corrected chi connectivity index (χ2v) is 33.7.